The smallest absolute Gasteiger partial charge is 0.191 e. The minimum Gasteiger partial charge on any atom is -0.380 e. The van der Waals surface area contributed by atoms with E-state index in [9.17, 15) is 4.39 Å². The Morgan fingerprint density at radius 2 is 1.72 bits per heavy atom. The highest BCUT2D eigenvalue weighted by Gasteiger charge is 2.01. The fraction of sp³-hybridized carbons (Fsp3) is 0.350. The number of benzene rings is 2. The van der Waals surface area contributed by atoms with Gasteiger partial charge in [-0.25, -0.2) is 9.38 Å². The lowest BCUT2D eigenvalue weighted by molar-refractivity contribution is 0.185. The number of aryl methyl sites for hydroxylation is 1. The summed E-state index contributed by atoms with van der Waals surface area (Å²) in [6.45, 7) is 6.37. The summed E-state index contributed by atoms with van der Waals surface area (Å²) < 4.78 is 18.5. The van der Waals surface area contributed by atoms with Crippen LogP contribution in [0.3, 0.4) is 0 Å². The van der Waals surface area contributed by atoms with Crippen LogP contribution in [0.15, 0.2) is 47.5 Å². The van der Waals surface area contributed by atoms with Crippen molar-refractivity contribution < 1.29 is 9.13 Å². The third-order valence-electron chi connectivity index (χ3n) is 3.78. The molecule has 0 aliphatic carbocycles. The lowest BCUT2D eigenvalue weighted by atomic mass is 10.1. The first-order valence-electron chi connectivity index (χ1n) is 8.46. The maximum Gasteiger partial charge on any atom is 0.191 e. The highest BCUT2D eigenvalue weighted by molar-refractivity contribution is 5.79. The molecule has 2 N–H and O–H groups in total. The summed E-state index contributed by atoms with van der Waals surface area (Å²) in [5.74, 6) is 0.556. The van der Waals surface area contributed by atoms with Crippen molar-refractivity contribution in [3.63, 3.8) is 0 Å². The highest BCUT2D eigenvalue weighted by atomic mass is 19.1. The maximum atomic E-state index is 13.3. The number of nitrogens with one attached hydrogen (secondary N) is 2. The van der Waals surface area contributed by atoms with Crippen molar-refractivity contribution in [2.45, 2.75) is 33.5 Å². The van der Waals surface area contributed by atoms with Crippen molar-refractivity contribution in [3.8, 4) is 0 Å². The predicted octanol–water partition coefficient (Wildman–Crippen LogP) is 3.54. The Kier molecular flexibility index (Phi) is 7.41. The first-order chi connectivity index (χ1) is 12.1. The van der Waals surface area contributed by atoms with E-state index < -0.39 is 0 Å². The van der Waals surface area contributed by atoms with Crippen molar-refractivity contribution in [2.75, 3.05) is 13.7 Å². The fourth-order valence-electron chi connectivity index (χ4n) is 2.42. The Labute approximate surface area is 149 Å². The lowest BCUT2D eigenvalue weighted by Crippen LogP contribution is -2.36. The second kappa shape index (κ2) is 9.79. The average molecular weight is 343 g/mol. The molecule has 2 aromatic carbocycles. The molecule has 0 radical (unpaired) electrons. The van der Waals surface area contributed by atoms with Gasteiger partial charge in [0.05, 0.1) is 13.2 Å². The summed E-state index contributed by atoms with van der Waals surface area (Å²) in [7, 11) is 1.69. The summed E-state index contributed by atoms with van der Waals surface area (Å²) in [5, 5.41) is 6.54. The van der Waals surface area contributed by atoms with Crippen molar-refractivity contribution in [3.05, 3.63) is 70.5 Å². The zero-order valence-corrected chi connectivity index (χ0v) is 15.1. The quantitative estimate of drug-likeness (QED) is 0.597. The average Bonchev–Trinajstić information content (AvgIpc) is 2.62. The van der Waals surface area contributed by atoms with Crippen LogP contribution in [-0.4, -0.2) is 19.6 Å². The Bertz CT molecular complexity index is 699. The van der Waals surface area contributed by atoms with E-state index >= 15 is 0 Å². The monoisotopic (exact) mass is 343 g/mol. The van der Waals surface area contributed by atoms with Crippen LogP contribution in [0.5, 0.6) is 0 Å². The van der Waals surface area contributed by atoms with Crippen LogP contribution in [0.4, 0.5) is 4.39 Å². The maximum absolute atomic E-state index is 13.3. The normalized spacial score (nSPS) is 11.4. The summed E-state index contributed by atoms with van der Waals surface area (Å²) in [5.41, 5.74) is 3.95. The third kappa shape index (κ3) is 6.19. The molecule has 0 saturated heterocycles. The van der Waals surface area contributed by atoms with Crippen LogP contribution in [0.25, 0.3) is 0 Å². The fourth-order valence-corrected chi connectivity index (χ4v) is 2.42. The molecular weight excluding hydrogens is 317 g/mol. The first-order valence-corrected chi connectivity index (χ1v) is 8.46. The van der Waals surface area contributed by atoms with Crippen LogP contribution >= 0.6 is 0 Å². The number of hydrogen-bond acceptors (Lipinski definition) is 2. The Balaban J connectivity index is 1.95. The molecule has 2 aromatic rings. The van der Waals surface area contributed by atoms with Crippen molar-refractivity contribution in [2.24, 2.45) is 4.99 Å². The van der Waals surface area contributed by atoms with Crippen LogP contribution < -0.4 is 10.6 Å². The molecular formula is C20H26FN3O. The Morgan fingerprint density at radius 3 is 2.36 bits per heavy atom. The van der Waals surface area contributed by atoms with E-state index in [0.29, 0.717) is 25.3 Å². The number of rotatable bonds is 7. The highest BCUT2D eigenvalue weighted by Crippen LogP contribution is 2.10. The Hall–Kier alpha value is -2.40. The number of halogens is 1. The molecule has 0 aromatic heterocycles. The van der Waals surface area contributed by atoms with Crippen molar-refractivity contribution >= 4 is 5.96 Å². The lowest BCUT2D eigenvalue weighted by Gasteiger charge is -2.12. The predicted molar refractivity (Wildman–Crippen MR) is 99.9 cm³/mol. The number of hydrogen-bond donors (Lipinski definition) is 2. The van der Waals surface area contributed by atoms with Gasteiger partial charge >= 0.3 is 0 Å². The van der Waals surface area contributed by atoms with Gasteiger partial charge in [0.25, 0.3) is 0 Å². The van der Waals surface area contributed by atoms with E-state index in [1.54, 1.807) is 20.1 Å². The van der Waals surface area contributed by atoms with E-state index in [1.165, 1.54) is 11.6 Å². The SMILES string of the molecule is CCNC(=NCc1ccc(F)c(C)c1)NCc1ccc(COC)cc1. The number of guanidine groups is 1. The Morgan fingerprint density at radius 1 is 1.04 bits per heavy atom. The molecule has 0 saturated carbocycles. The summed E-state index contributed by atoms with van der Waals surface area (Å²) in [4.78, 5) is 4.57. The van der Waals surface area contributed by atoms with Gasteiger partial charge in [-0.2, -0.15) is 0 Å². The molecule has 0 fully saturated rings. The van der Waals surface area contributed by atoms with E-state index in [-0.39, 0.29) is 5.82 Å². The summed E-state index contributed by atoms with van der Waals surface area (Å²) in [6, 6.07) is 13.4. The molecule has 0 heterocycles. The molecule has 4 nitrogen and oxygen atoms in total. The topological polar surface area (TPSA) is 45.7 Å². The van der Waals surface area contributed by atoms with Crippen LogP contribution in [-0.2, 0) is 24.4 Å². The van der Waals surface area contributed by atoms with Gasteiger partial charge in [-0.15, -0.1) is 0 Å². The number of ether oxygens (including phenoxy) is 1. The van der Waals surface area contributed by atoms with Gasteiger partial charge in [-0.3, -0.25) is 0 Å². The first kappa shape index (κ1) is 18.9. The molecule has 0 aliphatic rings. The molecule has 5 heteroatoms. The minimum absolute atomic E-state index is 0.185. The van der Waals surface area contributed by atoms with Gasteiger partial charge in [-0.1, -0.05) is 36.4 Å². The second-order valence-electron chi connectivity index (χ2n) is 5.88. The standard InChI is InChI=1S/C20H26FN3O/c1-4-22-20(24-13-18-9-10-19(21)15(2)11-18)23-12-16-5-7-17(8-6-16)14-25-3/h5-11H,4,12-14H2,1-3H3,(H2,22,23,24). The second-order valence-corrected chi connectivity index (χ2v) is 5.88. The van der Waals surface area contributed by atoms with Crippen molar-refractivity contribution in [1.29, 1.82) is 0 Å². The molecule has 0 atom stereocenters. The number of aliphatic imine (C=N–C) groups is 1. The zero-order chi connectivity index (χ0) is 18.1. The summed E-state index contributed by atoms with van der Waals surface area (Å²) >= 11 is 0. The van der Waals surface area contributed by atoms with Gasteiger partial charge in [0, 0.05) is 20.2 Å². The van der Waals surface area contributed by atoms with E-state index in [1.807, 2.05) is 13.0 Å². The summed E-state index contributed by atoms with van der Waals surface area (Å²) in [6.07, 6.45) is 0. The molecule has 25 heavy (non-hydrogen) atoms. The van der Waals surface area contributed by atoms with E-state index in [4.69, 9.17) is 4.74 Å². The van der Waals surface area contributed by atoms with Gasteiger partial charge in [-0.05, 0) is 42.2 Å². The van der Waals surface area contributed by atoms with Gasteiger partial charge in [0.2, 0.25) is 0 Å². The third-order valence-corrected chi connectivity index (χ3v) is 3.78. The molecule has 0 unspecified atom stereocenters. The van der Waals surface area contributed by atoms with Gasteiger partial charge in [0.1, 0.15) is 5.82 Å². The minimum atomic E-state index is -0.185. The molecule has 134 valence electrons. The van der Waals surface area contributed by atoms with Crippen molar-refractivity contribution in [1.82, 2.24) is 10.6 Å². The largest absolute Gasteiger partial charge is 0.380 e. The van der Waals surface area contributed by atoms with Gasteiger partial charge < -0.3 is 15.4 Å². The van der Waals surface area contributed by atoms with Crippen LogP contribution in [0.1, 0.15) is 29.2 Å². The number of nitrogens with zero attached hydrogens (tertiary/aromatic N) is 1. The van der Waals surface area contributed by atoms with E-state index in [2.05, 4.69) is 39.9 Å². The number of methoxy groups -OCH3 is 1. The van der Waals surface area contributed by atoms with Gasteiger partial charge in [0.15, 0.2) is 5.96 Å². The molecule has 0 bridgehead atoms. The van der Waals surface area contributed by atoms with Crippen LogP contribution in [0.2, 0.25) is 0 Å². The van der Waals surface area contributed by atoms with E-state index in [0.717, 1.165) is 23.6 Å². The molecule has 0 amide bonds. The molecule has 0 aliphatic heterocycles. The van der Waals surface area contributed by atoms with Crippen LogP contribution in [0, 0.1) is 12.7 Å². The molecule has 2 rings (SSSR count). The zero-order valence-electron chi connectivity index (χ0n) is 15.1. The molecule has 0 spiro atoms.